The SMILES string of the molecule is CCn1cc(C(=O)NCCC(C)C)c(=O)c2cc(S(=O)(=O)N3CCc4ccccc4C3)ccc21. The number of pyridine rings is 1. The lowest BCUT2D eigenvalue weighted by Gasteiger charge is -2.28. The highest BCUT2D eigenvalue weighted by Crippen LogP contribution is 2.26. The van der Waals surface area contributed by atoms with Gasteiger partial charge in [0.2, 0.25) is 15.5 Å². The summed E-state index contributed by atoms with van der Waals surface area (Å²) >= 11 is 0. The highest BCUT2D eigenvalue weighted by molar-refractivity contribution is 7.89. The number of carbonyl (C=O) groups is 1. The molecular formula is C26H31N3O4S. The van der Waals surface area contributed by atoms with E-state index < -0.39 is 21.4 Å². The summed E-state index contributed by atoms with van der Waals surface area (Å²) in [5.41, 5.74) is 2.33. The topological polar surface area (TPSA) is 88.5 Å². The third-order valence-corrected chi connectivity index (χ3v) is 8.22. The number of hydrogen-bond acceptors (Lipinski definition) is 4. The van der Waals surface area contributed by atoms with Crippen LogP contribution in [0.15, 0.2) is 58.4 Å². The van der Waals surface area contributed by atoms with Crippen molar-refractivity contribution in [1.82, 2.24) is 14.2 Å². The number of amides is 1. The van der Waals surface area contributed by atoms with Crippen LogP contribution in [0.3, 0.4) is 0 Å². The zero-order valence-corrected chi connectivity index (χ0v) is 20.7. The van der Waals surface area contributed by atoms with Crippen molar-refractivity contribution >= 4 is 26.8 Å². The molecule has 0 radical (unpaired) electrons. The van der Waals surface area contributed by atoms with Crippen LogP contribution in [0.5, 0.6) is 0 Å². The zero-order chi connectivity index (χ0) is 24.5. The summed E-state index contributed by atoms with van der Waals surface area (Å²) in [6, 6.07) is 12.5. The Hall–Kier alpha value is -2.97. The van der Waals surface area contributed by atoms with Gasteiger partial charge in [-0.25, -0.2) is 8.42 Å². The molecule has 2 aromatic carbocycles. The van der Waals surface area contributed by atoms with E-state index in [1.165, 1.54) is 10.4 Å². The predicted octanol–water partition coefficient (Wildman–Crippen LogP) is 3.54. The molecule has 0 spiro atoms. The molecule has 3 aromatic rings. The van der Waals surface area contributed by atoms with Gasteiger partial charge in [-0.15, -0.1) is 0 Å². The van der Waals surface area contributed by atoms with Crippen molar-refractivity contribution in [2.24, 2.45) is 5.92 Å². The van der Waals surface area contributed by atoms with Crippen molar-refractivity contribution < 1.29 is 13.2 Å². The lowest BCUT2D eigenvalue weighted by Crippen LogP contribution is -2.36. The molecule has 0 unspecified atom stereocenters. The van der Waals surface area contributed by atoms with Gasteiger partial charge in [0.25, 0.3) is 5.91 Å². The van der Waals surface area contributed by atoms with Crippen LogP contribution in [-0.4, -0.2) is 36.3 Å². The van der Waals surface area contributed by atoms with Gasteiger partial charge in [0.15, 0.2) is 0 Å². The average molecular weight is 482 g/mol. The minimum absolute atomic E-state index is 0.0274. The highest BCUT2D eigenvalue weighted by atomic mass is 32.2. The summed E-state index contributed by atoms with van der Waals surface area (Å²) in [6.45, 7) is 7.75. The highest BCUT2D eigenvalue weighted by Gasteiger charge is 2.29. The van der Waals surface area contributed by atoms with Crippen molar-refractivity contribution in [2.75, 3.05) is 13.1 Å². The molecule has 8 heteroatoms. The number of nitrogens with zero attached hydrogens (tertiary/aromatic N) is 2. The van der Waals surface area contributed by atoms with Crippen LogP contribution in [0.2, 0.25) is 0 Å². The Morgan fingerprint density at radius 2 is 1.85 bits per heavy atom. The lowest BCUT2D eigenvalue weighted by atomic mass is 10.0. The molecule has 1 aromatic heterocycles. The van der Waals surface area contributed by atoms with E-state index in [0.29, 0.717) is 44.0 Å². The zero-order valence-electron chi connectivity index (χ0n) is 19.9. The number of aryl methyl sites for hydroxylation is 1. The number of sulfonamides is 1. The monoisotopic (exact) mass is 481 g/mol. The predicted molar refractivity (Wildman–Crippen MR) is 133 cm³/mol. The number of rotatable bonds is 7. The maximum absolute atomic E-state index is 13.5. The average Bonchev–Trinajstić information content (AvgIpc) is 2.83. The van der Waals surface area contributed by atoms with Crippen LogP contribution in [0.25, 0.3) is 10.9 Å². The van der Waals surface area contributed by atoms with E-state index in [2.05, 4.69) is 19.2 Å². The molecule has 0 saturated carbocycles. The van der Waals surface area contributed by atoms with Gasteiger partial charge in [0.05, 0.1) is 10.4 Å². The Morgan fingerprint density at radius 3 is 2.56 bits per heavy atom. The molecule has 34 heavy (non-hydrogen) atoms. The Balaban J connectivity index is 1.72. The molecule has 7 nitrogen and oxygen atoms in total. The van der Waals surface area contributed by atoms with Crippen molar-refractivity contribution in [3.63, 3.8) is 0 Å². The first-order valence-electron chi connectivity index (χ1n) is 11.7. The molecule has 0 bridgehead atoms. The number of carbonyl (C=O) groups excluding carboxylic acids is 1. The first-order valence-corrected chi connectivity index (χ1v) is 13.2. The Labute approximate surface area is 200 Å². The Morgan fingerprint density at radius 1 is 1.12 bits per heavy atom. The molecule has 1 aliphatic rings. The van der Waals surface area contributed by atoms with E-state index in [1.807, 2.05) is 35.8 Å². The number of nitrogens with one attached hydrogen (secondary N) is 1. The minimum atomic E-state index is -3.80. The van der Waals surface area contributed by atoms with Gasteiger partial charge in [-0.05, 0) is 55.0 Å². The van der Waals surface area contributed by atoms with Crippen LogP contribution < -0.4 is 10.7 Å². The number of benzene rings is 2. The summed E-state index contributed by atoms with van der Waals surface area (Å²) in [5.74, 6) is -0.00521. The third kappa shape index (κ3) is 4.65. The summed E-state index contributed by atoms with van der Waals surface area (Å²) < 4.78 is 30.2. The van der Waals surface area contributed by atoms with Gasteiger partial charge in [-0.3, -0.25) is 9.59 Å². The standard InChI is InChI=1S/C26H31N3O4S/c1-4-28-17-23(26(31)27-13-11-18(2)3)25(30)22-15-21(9-10-24(22)28)34(32,33)29-14-12-19-7-5-6-8-20(19)16-29/h5-10,15,17-18H,4,11-14,16H2,1-3H3,(H,27,31). The van der Waals surface area contributed by atoms with Crippen molar-refractivity contribution in [1.29, 1.82) is 0 Å². The first-order chi connectivity index (χ1) is 16.2. The molecule has 1 amide bonds. The summed E-state index contributed by atoms with van der Waals surface area (Å²) in [7, 11) is -3.80. The lowest BCUT2D eigenvalue weighted by molar-refractivity contribution is 0.0950. The van der Waals surface area contributed by atoms with Gasteiger partial charge >= 0.3 is 0 Å². The van der Waals surface area contributed by atoms with Gasteiger partial charge in [-0.1, -0.05) is 38.1 Å². The van der Waals surface area contributed by atoms with Crippen LogP contribution >= 0.6 is 0 Å². The largest absolute Gasteiger partial charge is 0.352 e. The quantitative estimate of drug-likeness (QED) is 0.559. The van der Waals surface area contributed by atoms with E-state index >= 15 is 0 Å². The van der Waals surface area contributed by atoms with Gasteiger partial charge in [-0.2, -0.15) is 4.31 Å². The molecule has 4 rings (SSSR count). The van der Waals surface area contributed by atoms with Gasteiger partial charge in [0, 0.05) is 37.8 Å². The maximum Gasteiger partial charge on any atom is 0.256 e. The number of hydrogen-bond donors (Lipinski definition) is 1. The van der Waals surface area contributed by atoms with E-state index in [0.717, 1.165) is 17.5 Å². The van der Waals surface area contributed by atoms with E-state index in [1.54, 1.807) is 18.3 Å². The van der Waals surface area contributed by atoms with Gasteiger partial charge < -0.3 is 9.88 Å². The van der Waals surface area contributed by atoms with Crippen LogP contribution in [0.4, 0.5) is 0 Å². The third-order valence-electron chi connectivity index (χ3n) is 6.38. The molecule has 0 atom stereocenters. The smallest absolute Gasteiger partial charge is 0.256 e. The first kappa shape index (κ1) is 24.2. The number of fused-ring (bicyclic) bond motifs is 2. The fourth-order valence-electron chi connectivity index (χ4n) is 4.35. The molecule has 2 heterocycles. The van der Waals surface area contributed by atoms with Crippen LogP contribution in [0, 0.1) is 5.92 Å². The minimum Gasteiger partial charge on any atom is -0.352 e. The molecule has 0 aliphatic carbocycles. The summed E-state index contributed by atoms with van der Waals surface area (Å²) in [5, 5.41) is 3.05. The molecule has 180 valence electrons. The molecule has 1 N–H and O–H groups in total. The van der Waals surface area contributed by atoms with Crippen molar-refractivity contribution in [2.45, 2.75) is 51.6 Å². The normalized spacial score (nSPS) is 14.4. The van der Waals surface area contributed by atoms with E-state index in [4.69, 9.17) is 0 Å². The Bertz CT molecular complexity index is 1390. The Kier molecular flexibility index (Phi) is 6.91. The van der Waals surface area contributed by atoms with Crippen LogP contribution in [-0.2, 0) is 29.5 Å². The fourth-order valence-corrected chi connectivity index (χ4v) is 5.80. The maximum atomic E-state index is 13.5. The summed E-state index contributed by atoms with van der Waals surface area (Å²) in [6.07, 6.45) is 3.01. The van der Waals surface area contributed by atoms with Crippen molar-refractivity contribution in [3.05, 3.63) is 75.6 Å². The van der Waals surface area contributed by atoms with E-state index in [9.17, 15) is 18.0 Å². The molecule has 0 saturated heterocycles. The second kappa shape index (κ2) is 9.72. The van der Waals surface area contributed by atoms with Gasteiger partial charge in [0.1, 0.15) is 5.56 Å². The van der Waals surface area contributed by atoms with Crippen LogP contribution in [0.1, 0.15) is 48.7 Å². The van der Waals surface area contributed by atoms with Crippen molar-refractivity contribution in [3.8, 4) is 0 Å². The second-order valence-corrected chi connectivity index (χ2v) is 11.1. The molecule has 0 fully saturated rings. The molecule has 1 aliphatic heterocycles. The number of aromatic nitrogens is 1. The molecular weight excluding hydrogens is 450 g/mol. The second-order valence-electron chi connectivity index (χ2n) is 9.13. The fraction of sp³-hybridized carbons (Fsp3) is 0.385. The van der Waals surface area contributed by atoms with E-state index in [-0.39, 0.29) is 15.8 Å². The summed E-state index contributed by atoms with van der Waals surface area (Å²) in [4.78, 5) is 26.1.